The summed E-state index contributed by atoms with van der Waals surface area (Å²) < 4.78 is 18.9. The van der Waals surface area contributed by atoms with Gasteiger partial charge in [-0.2, -0.15) is 0 Å². The molecule has 3 nitrogen and oxygen atoms in total. The number of halogens is 2. The van der Waals surface area contributed by atoms with E-state index in [1.165, 1.54) is 6.07 Å². The molecular formula is C17H17BrFNO2. The molecule has 0 aliphatic rings. The molecule has 0 radical (unpaired) electrons. The molecule has 2 aromatic carbocycles. The van der Waals surface area contributed by atoms with Crippen molar-refractivity contribution in [2.24, 2.45) is 0 Å². The topological polar surface area (TPSA) is 38.3 Å². The number of nitrogens with one attached hydrogen (secondary N) is 1. The maximum Gasteiger partial charge on any atom is 0.407 e. The summed E-state index contributed by atoms with van der Waals surface area (Å²) in [6, 6.07) is 14.4. The molecule has 0 atom stereocenters. The standard InChI is InChI=1S/C17H17BrFNO2/c18-16-14(8-4-10-15(16)19)9-5-11-20-17(21)22-12-13-6-2-1-3-7-13/h1-4,6-8,10H,5,9,11-12H2,(H,20,21). The largest absolute Gasteiger partial charge is 0.445 e. The van der Waals surface area contributed by atoms with E-state index >= 15 is 0 Å². The first kappa shape index (κ1) is 16.5. The molecule has 0 aromatic heterocycles. The minimum atomic E-state index is -0.442. The van der Waals surface area contributed by atoms with E-state index in [1.54, 1.807) is 6.07 Å². The van der Waals surface area contributed by atoms with Crippen LogP contribution in [0.5, 0.6) is 0 Å². The smallest absolute Gasteiger partial charge is 0.407 e. The number of carbonyl (C=O) groups is 1. The molecule has 0 heterocycles. The molecule has 116 valence electrons. The molecule has 2 rings (SSSR count). The lowest BCUT2D eigenvalue weighted by Crippen LogP contribution is -2.25. The van der Waals surface area contributed by atoms with Crippen LogP contribution in [0.4, 0.5) is 9.18 Å². The zero-order chi connectivity index (χ0) is 15.8. The van der Waals surface area contributed by atoms with Crippen LogP contribution in [0, 0.1) is 5.82 Å². The van der Waals surface area contributed by atoms with Crippen molar-refractivity contribution in [1.82, 2.24) is 5.32 Å². The highest BCUT2D eigenvalue weighted by atomic mass is 79.9. The van der Waals surface area contributed by atoms with Crippen LogP contribution in [-0.2, 0) is 17.8 Å². The van der Waals surface area contributed by atoms with E-state index in [0.717, 1.165) is 11.1 Å². The Kier molecular flexibility index (Phi) is 6.40. The summed E-state index contributed by atoms with van der Waals surface area (Å²) in [5.41, 5.74) is 1.83. The van der Waals surface area contributed by atoms with Gasteiger partial charge in [-0.1, -0.05) is 42.5 Å². The maximum absolute atomic E-state index is 13.3. The Morgan fingerprint density at radius 2 is 1.91 bits per heavy atom. The number of rotatable bonds is 6. The van der Waals surface area contributed by atoms with Crippen LogP contribution in [0.3, 0.4) is 0 Å². The average Bonchev–Trinajstić information content (AvgIpc) is 2.54. The van der Waals surface area contributed by atoms with E-state index in [0.29, 0.717) is 23.9 Å². The van der Waals surface area contributed by atoms with E-state index in [-0.39, 0.29) is 12.4 Å². The van der Waals surface area contributed by atoms with E-state index in [9.17, 15) is 9.18 Å². The van der Waals surface area contributed by atoms with Gasteiger partial charge in [0.15, 0.2) is 0 Å². The van der Waals surface area contributed by atoms with E-state index in [2.05, 4.69) is 21.2 Å². The summed E-state index contributed by atoms with van der Waals surface area (Å²) in [4.78, 5) is 11.5. The summed E-state index contributed by atoms with van der Waals surface area (Å²) >= 11 is 3.22. The van der Waals surface area contributed by atoms with Gasteiger partial charge in [0.25, 0.3) is 0 Å². The molecule has 0 saturated carbocycles. The van der Waals surface area contributed by atoms with Gasteiger partial charge in [0.05, 0.1) is 4.47 Å². The number of carbonyl (C=O) groups excluding carboxylic acids is 1. The first-order valence-electron chi connectivity index (χ1n) is 7.04. The van der Waals surface area contributed by atoms with Gasteiger partial charge in [0.1, 0.15) is 12.4 Å². The molecule has 1 amide bonds. The summed E-state index contributed by atoms with van der Waals surface area (Å²) in [6.45, 7) is 0.735. The van der Waals surface area contributed by atoms with Crippen molar-refractivity contribution in [3.05, 3.63) is 69.9 Å². The Balaban J connectivity index is 1.66. The molecule has 0 spiro atoms. The van der Waals surface area contributed by atoms with Crippen molar-refractivity contribution in [3.8, 4) is 0 Å². The summed E-state index contributed by atoms with van der Waals surface area (Å²) in [7, 11) is 0. The van der Waals surface area contributed by atoms with Crippen molar-refractivity contribution in [3.63, 3.8) is 0 Å². The Morgan fingerprint density at radius 3 is 2.68 bits per heavy atom. The van der Waals surface area contributed by atoms with Crippen molar-refractivity contribution >= 4 is 22.0 Å². The number of hydrogen-bond acceptors (Lipinski definition) is 2. The van der Waals surface area contributed by atoms with Gasteiger partial charge in [-0.3, -0.25) is 0 Å². The SMILES string of the molecule is O=C(NCCCc1cccc(F)c1Br)OCc1ccccc1. The zero-order valence-corrected chi connectivity index (χ0v) is 13.6. The van der Waals surface area contributed by atoms with Crippen LogP contribution < -0.4 is 5.32 Å². The van der Waals surface area contributed by atoms with Gasteiger partial charge >= 0.3 is 6.09 Å². The lowest BCUT2D eigenvalue weighted by Gasteiger charge is -2.08. The minimum absolute atomic E-state index is 0.252. The average molecular weight is 366 g/mol. The molecule has 0 saturated heterocycles. The summed E-state index contributed by atoms with van der Waals surface area (Å²) in [5.74, 6) is -0.271. The number of ether oxygens (including phenoxy) is 1. The van der Waals surface area contributed by atoms with Gasteiger partial charge in [-0.05, 0) is 46.0 Å². The second-order valence-corrected chi connectivity index (χ2v) is 5.60. The van der Waals surface area contributed by atoms with Crippen LogP contribution in [0.1, 0.15) is 17.5 Å². The Bertz CT molecular complexity index is 619. The fraction of sp³-hybridized carbons (Fsp3) is 0.235. The highest BCUT2D eigenvalue weighted by molar-refractivity contribution is 9.10. The second kappa shape index (κ2) is 8.54. The van der Waals surface area contributed by atoms with Crippen LogP contribution in [0.2, 0.25) is 0 Å². The number of benzene rings is 2. The fourth-order valence-electron chi connectivity index (χ4n) is 1.98. The Labute approximate surface area is 137 Å². The van der Waals surface area contributed by atoms with Gasteiger partial charge < -0.3 is 10.1 Å². The van der Waals surface area contributed by atoms with Crippen LogP contribution in [0.25, 0.3) is 0 Å². The first-order chi connectivity index (χ1) is 10.7. The highest BCUT2D eigenvalue weighted by Crippen LogP contribution is 2.21. The van der Waals surface area contributed by atoms with Crippen LogP contribution in [0.15, 0.2) is 53.0 Å². The van der Waals surface area contributed by atoms with Crippen LogP contribution in [-0.4, -0.2) is 12.6 Å². The molecule has 5 heteroatoms. The van der Waals surface area contributed by atoms with Crippen molar-refractivity contribution < 1.29 is 13.9 Å². The second-order valence-electron chi connectivity index (χ2n) is 4.81. The monoisotopic (exact) mass is 365 g/mol. The molecule has 0 bridgehead atoms. The maximum atomic E-state index is 13.3. The molecule has 22 heavy (non-hydrogen) atoms. The number of aryl methyl sites for hydroxylation is 1. The van der Waals surface area contributed by atoms with Gasteiger partial charge in [-0.15, -0.1) is 0 Å². The van der Waals surface area contributed by atoms with Crippen LogP contribution >= 0.6 is 15.9 Å². The predicted octanol–water partition coefficient (Wildman–Crippen LogP) is 4.45. The quantitative estimate of drug-likeness (QED) is 0.768. The van der Waals surface area contributed by atoms with Gasteiger partial charge in [-0.25, -0.2) is 9.18 Å². The number of amides is 1. The van der Waals surface area contributed by atoms with Crippen molar-refractivity contribution in [2.45, 2.75) is 19.4 Å². The lowest BCUT2D eigenvalue weighted by atomic mass is 10.1. The minimum Gasteiger partial charge on any atom is -0.445 e. The molecule has 1 N–H and O–H groups in total. The van der Waals surface area contributed by atoms with Gasteiger partial charge in [0, 0.05) is 6.54 Å². The highest BCUT2D eigenvalue weighted by Gasteiger charge is 2.06. The molecular weight excluding hydrogens is 349 g/mol. The number of hydrogen-bond donors (Lipinski definition) is 1. The molecule has 0 unspecified atom stereocenters. The molecule has 0 aliphatic carbocycles. The van der Waals surface area contributed by atoms with E-state index in [1.807, 2.05) is 36.4 Å². The third-order valence-corrected chi connectivity index (χ3v) is 4.02. The molecule has 0 aliphatic heterocycles. The van der Waals surface area contributed by atoms with Crippen molar-refractivity contribution in [1.29, 1.82) is 0 Å². The lowest BCUT2D eigenvalue weighted by molar-refractivity contribution is 0.139. The summed E-state index contributed by atoms with van der Waals surface area (Å²) in [5, 5.41) is 2.69. The fourth-order valence-corrected chi connectivity index (χ4v) is 2.45. The van der Waals surface area contributed by atoms with Gasteiger partial charge in [0.2, 0.25) is 0 Å². The zero-order valence-electron chi connectivity index (χ0n) is 12.0. The predicted molar refractivity (Wildman–Crippen MR) is 87.1 cm³/mol. The Morgan fingerprint density at radius 1 is 1.14 bits per heavy atom. The van der Waals surface area contributed by atoms with E-state index < -0.39 is 6.09 Å². The first-order valence-corrected chi connectivity index (χ1v) is 7.83. The Hall–Kier alpha value is -1.88. The third kappa shape index (κ3) is 5.15. The summed E-state index contributed by atoms with van der Waals surface area (Å²) in [6.07, 6.45) is 0.946. The third-order valence-electron chi connectivity index (χ3n) is 3.14. The molecule has 2 aromatic rings. The number of alkyl carbamates (subject to hydrolysis) is 1. The normalized spacial score (nSPS) is 10.3. The van der Waals surface area contributed by atoms with E-state index in [4.69, 9.17) is 4.74 Å². The van der Waals surface area contributed by atoms with Crippen molar-refractivity contribution in [2.75, 3.05) is 6.54 Å². The molecule has 0 fully saturated rings.